The molecule has 0 aliphatic rings. The van der Waals surface area contributed by atoms with Crippen molar-refractivity contribution in [3.63, 3.8) is 0 Å². The van der Waals surface area contributed by atoms with Crippen molar-refractivity contribution in [1.29, 1.82) is 0 Å². The highest BCUT2D eigenvalue weighted by molar-refractivity contribution is 5.94. The van der Waals surface area contributed by atoms with Gasteiger partial charge in [0.2, 0.25) is 0 Å². The lowest BCUT2D eigenvalue weighted by Crippen LogP contribution is -1.97. The predicted octanol–water partition coefficient (Wildman–Crippen LogP) is 1.84. The van der Waals surface area contributed by atoms with Crippen LogP contribution in [0.3, 0.4) is 0 Å². The zero-order valence-electron chi connectivity index (χ0n) is 8.27. The van der Waals surface area contributed by atoms with Gasteiger partial charge in [-0.05, 0) is 12.1 Å². The largest absolute Gasteiger partial charge is 0.494 e. The number of carbonyl (C=O) groups is 1. The summed E-state index contributed by atoms with van der Waals surface area (Å²) in [5.41, 5.74) is 1.08. The van der Waals surface area contributed by atoms with Gasteiger partial charge in [-0.25, -0.2) is 9.78 Å². The predicted molar refractivity (Wildman–Crippen MR) is 52.3 cm³/mol. The number of benzene rings is 1. The number of ether oxygens (including phenoxy) is 1. The number of carboxylic acid groups (broad SMARTS) is 1. The number of rotatable bonds is 2. The highest BCUT2D eigenvalue weighted by atomic mass is 16.5. The van der Waals surface area contributed by atoms with Crippen molar-refractivity contribution in [2.24, 2.45) is 0 Å². The van der Waals surface area contributed by atoms with Gasteiger partial charge in [0.1, 0.15) is 5.75 Å². The molecule has 5 nitrogen and oxygen atoms in total. The summed E-state index contributed by atoms with van der Waals surface area (Å²) in [4.78, 5) is 14.9. The standard InChI is InChI=1S/C10H9NO4/c1-5-11-9-7(14-2)3-6(10(12)13)4-8(9)15-5/h3-4H,1-2H3,(H,12,13). The van der Waals surface area contributed by atoms with E-state index in [1.54, 1.807) is 6.92 Å². The molecule has 0 spiro atoms. The lowest BCUT2D eigenvalue weighted by molar-refractivity contribution is 0.0696. The van der Waals surface area contributed by atoms with Crippen LogP contribution in [-0.4, -0.2) is 23.2 Å². The summed E-state index contributed by atoms with van der Waals surface area (Å²) in [5, 5.41) is 8.85. The maximum absolute atomic E-state index is 10.8. The number of hydrogen-bond donors (Lipinski definition) is 1. The highest BCUT2D eigenvalue weighted by Crippen LogP contribution is 2.27. The molecule has 0 aliphatic carbocycles. The molecule has 0 saturated heterocycles. The van der Waals surface area contributed by atoms with Gasteiger partial charge in [0.15, 0.2) is 17.0 Å². The number of aromatic carboxylic acids is 1. The van der Waals surface area contributed by atoms with E-state index in [0.29, 0.717) is 22.7 Å². The van der Waals surface area contributed by atoms with Crippen molar-refractivity contribution in [2.45, 2.75) is 6.92 Å². The number of hydrogen-bond acceptors (Lipinski definition) is 4. The monoisotopic (exact) mass is 207 g/mol. The van der Waals surface area contributed by atoms with Gasteiger partial charge < -0.3 is 14.3 Å². The number of methoxy groups -OCH3 is 1. The van der Waals surface area contributed by atoms with Crippen molar-refractivity contribution in [2.75, 3.05) is 7.11 Å². The molecule has 0 aliphatic heterocycles. The molecule has 1 heterocycles. The molecule has 0 saturated carbocycles. The minimum absolute atomic E-state index is 0.121. The van der Waals surface area contributed by atoms with Crippen molar-refractivity contribution < 1.29 is 19.1 Å². The van der Waals surface area contributed by atoms with E-state index in [1.165, 1.54) is 19.2 Å². The lowest BCUT2D eigenvalue weighted by Gasteiger charge is -2.01. The molecular formula is C10H9NO4. The van der Waals surface area contributed by atoms with Crippen LogP contribution in [0, 0.1) is 6.92 Å². The van der Waals surface area contributed by atoms with E-state index in [9.17, 15) is 4.79 Å². The maximum atomic E-state index is 10.8. The van der Waals surface area contributed by atoms with Crippen LogP contribution in [0.1, 0.15) is 16.2 Å². The number of fused-ring (bicyclic) bond motifs is 1. The zero-order valence-corrected chi connectivity index (χ0v) is 8.27. The van der Waals surface area contributed by atoms with E-state index in [-0.39, 0.29) is 5.56 Å². The third kappa shape index (κ3) is 1.52. The third-order valence-electron chi connectivity index (χ3n) is 2.03. The average molecular weight is 207 g/mol. The first-order valence-electron chi connectivity index (χ1n) is 4.30. The van der Waals surface area contributed by atoms with E-state index in [4.69, 9.17) is 14.3 Å². The summed E-state index contributed by atoms with van der Waals surface area (Å²) in [5.74, 6) is -0.142. The Morgan fingerprint density at radius 1 is 1.53 bits per heavy atom. The van der Waals surface area contributed by atoms with Crippen LogP contribution >= 0.6 is 0 Å². The summed E-state index contributed by atoms with van der Waals surface area (Å²) in [6, 6.07) is 2.85. The van der Waals surface area contributed by atoms with E-state index < -0.39 is 5.97 Å². The summed E-state index contributed by atoms with van der Waals surface area (Å²) in [7, 11) is 1.46. The Hall–Kier alpha value is -2.04. The molecule has 5 heteroatoms. The molecule has 15 heavy (non-hydrogen) atoms. The second-order valence-corrected chi connectivity index (χ2v) is 3.06. The Labute approximate surface area is 85.3 Å². The lowest BCUT2D eigenvalue weighted by atomic mass is 10.2. The molecule has 2 aromatic rings. The quantitative estimate of drug-likeness (QED) is 0.813. The molecule has 0 unspecified atom stereocenters. The fraction of sp³-hybridized carbons (Fsp3) is 0.200. The third-order valence-corrected chi connectivity index (χ3v) is 2.03. The summed E-state index contributed by atoms with van der Waals surface area (Å²) < 4.78 is 10.3. The SMILES string of the molecule is COc1cc(C(=O)O)cc2oc(C)nc12. The van der Waals surface area contributed by atoms with Gasteiger partial charge in [-0.15, -0.1) is 0 Å². The second kappa shape index (κ2) is 3.27. The van der Waals surface area contributed by atoms with Crippen molar-refractivity contribution in [3.05, 3.63) is 23.6 Å². The minimum Gasteiger partial charge on any atom is -0.494 e. The Morgan fingerprint density at radius 3 is 2.87 bits per heavy atom. The summed E-state index contributed by atoms with van der Waals surface area (Å²) in [6.45, 7) is 1.69. The van der Waals surface area contributed by atoms with Crippen LogP contribution in [0.25, 0.3) is 11.1 Å². The van der Waals surface area contributed by atoms with E-state index in [0.717, 1.165) is 0 Å². The molecule has 78 valence electrons. The van der Waals surface area contributed by atoms with Crippen LogP contribution in [-0.2, 0) is 0 Å². The Kier molecular flexibility index (Phi) is 2.07. The molecule has 1 N–H and O–H groups in total. The molecule has 1 aromatic heterocycles. The highest BCUT2D eigenvalue weighted by Gasteiger charge is 2.13. The molecule has 0 fully saturated rings. The van der Waals surface area contributed by atoms with E-state index in [1.807, 2.05) is 0 Å². The molecule has 0 atom stereocenters. The molecule has 2 rings (SSSR count). The fourth-order valence-electron chi connectivity index (χ4n) is 1.39. The first-order valence-corrected chi connectivity index (χ1v) is 4.30. The molecule has 0 bridgehead atoms. The first kappa shape index (κ1) is 9.51. The van der Waals surface area contributed by atoms with Crippen LogP contribution in [0.2, 0.25) is 0 Å². The molecule has 0 amide bonds. The Bertz CT molecular complexity index is 529. The number of aryl methyl sites for hydroxylation is 1. The minimum atomic E-state index is -1.02. The van der Waals surface area contributed by atoms with E-state index >= 15 is 0 Å². The smallest absolute Gasteiger partial charge is 0.335 e. The van der Waals surface area contributed by atoms with Gasteiger partial charge in [-0.3, -0.25) is 0 Å². The van der Waals surface area contributed by atoms with Crippen molar-refractivity contribution in [1.82, 2.24) is 4.98 Å². The van der Waals surface area contributed by atoms with Gasteiger partial charge in [0, 0.05) is 6.92 Å². The molecule has 0 radical (unpaired) electrons. The Morgan fingerprint density at radius 2 is 2.27 bits per heavy atom. The number of aromatic nitrogens is 1. The van der Waals surface area contributed by atoms with Crippen LogP contribution in [0.4, 0.5) is 0 Å². The van der Waals surface area contributed by atoms with Crippen molar-refractivity contribution >= 4 is 17.1 Å². The first-order chi connectivity index (χ1) is 7.11. The summed E-state index contributed by atoms with van der Waals surface area (Å²) in [6.07, 6.45) is 0. The van der Waals surface area contributed by atoms with Gasteiger partial charge >= 0.3 is 5.97 Å². The van der Waals surface area contributed by atoms with Crippen molar-refractivity contribution in [3.8, 4) is 5.75 Å². The fourth-order valence-corrected chi connectivity index (χ4v) is 1.39. The van der Waals surface area contributed by atoms with E-state index in [2.05, 4.69) is 4.98 Å². The Balaban J connectivity index is 2.76. The second-order valence-electron chi connectivity index (χ2n) is 3.06. The zero-order chi connectivity index (χ0) is 11.0. The average Bonchev–Trinajstić information content (AvgIpc) is 2.56. The van der Waals surface area contributed by atoms with Crippen LogP contribution < -0.4 is 4.74 Å². The maximum Gasteiger partial charge on any atom is 0.335 e. The van der Waals surface area contributed by atoms with Gasteiger partial charge in [-0.1, -0.05) is 0 Å². The number of carboxylic acids is 1. The normalized spacial score (nSPS) is 10.5. The van der Waals surface area contributed by atoms with Gasteiger partial charge in [0.25, 0.3) is 0 Å². The number of oxazole rings is 1. The molecular weight excluding hydrogens is 198 g/mol. The topological polar surface area (TPSA) is 72.6 Å². The van der Waals surface area contributed by atoms with Crippen LogP contribution in [0.5, 0.6) is 5.75 Å². The number of nitrogens with zero attached hydrogens (tertiary/aromatic N) is 1. The van der Waals surface area contributed by atoms with Crippen LogP contribution in [0.15, 0.2) is 16.5 Å². The summed E-state index contributed by atoms with van der Waals surface area (Å²) >= 11 is 0. The molecule has 1 aromatic carbocycles. The van der Waals surface area contributed by atoms with Gasteiger partial charge in [0.05, 0.1) is 12.7 Å². The van der Waals surface area contributed by atoms with Gasteiger partial charge in [-0.2, -0.15) is 0 Å².